The molecule has 69 valence electrons. The minimum Gasteiger partial charge on any atom is -0.521 e. The number of hydrogen-bond donors (Lipinski definition) is 1. The van der Waals surface area contributed by atoms with Crippen molar-refractivity contribution in [2.24, 2.45) is 0 Å². The van der Waals surface area contributed by atoms with Crippen molar-refractivity contribution in [2.75, 3.05) is 7.05 Å². The first kappa shape index (κ1) is 13.1. The Kier molecular flexibility index (Phi) is 4.75. The van der Waals surface area contributed by atoms with E-state index >= 15 is 0 Å². The Labute approximate surface area is 107 Å². The van der Waals surface area contributed by atoms with Gasteiger partial charge in [-0.15, -0.1) is 12.7 Å². The normalized spacial score (nSPS) is 14.9. The first-order valence-electron chi connectivity index (χ1n) is 3.48. The van der Waals surface area contributed by atoms with Gasteiger partial charge in [-0.2, -0.15) is 5.26 Å². The fraction of sp³-hybridized carbons (Fsp3) is 0.111. The number of rotatable bonds is 1. The van der Waals surface area contributed by atoms with Crippen molar-refractivity contribution in [3.8, 4) is 6.07 Å². The van der Waals surface area contributed by atoms with Gasteiger partial charge in [-0.05, 0) is 23.9 Å². The number of likely N-dealkylation sites (N-methyl/N-ethyl adjacent to an activating group) is 1. The van der Waals surface area contributed by atoms with Gasteiger partial charge in [-0.3, -0.25) is 0 Å². The van der Waals surface area contributed by atoms with Crippen molar-refractivity contribution < 1.29 is 42.6 Å². The quantitative estimate of drug-likeness (QED) is 0.707. The largest absolute Gasteiger partial charge is 0.521 e. The van der Waals surface area contributed by atoms with Crippen LogP contribution < -0.4 is 0 Å². The molecule has 0 fully saturated rings. The van der Waals surface area contributed by atoms with Crippen LogP contribution in [0.1, 0.15) is 0 Å². The Morgan fingerprint density at radius 2 is 2.36 bits per heavy atom. The van der Waals surface area contributed by atoms with Gasteiger partial charge < -0.3 is 14.8 Å². The first-order chi connectivity index (χ1) is 6.06. The summed E-state index contributed by atoms with van der Waals surface area (Å²) in [6, 6.07) is 1.86. The smallest absolute Gasteiger partial charge is 0.249 e. The molecule has 1 aliphatic heterocycles. The van der Waals surface area contributed by atoms with Crippen LogP contribution in [-0.2, 0) is 37.5 Å². The summed E-state index contributed by atoms with van der Waals surface area (Å²) in [4.78, 5) is 11.9. The van der Waals surface area contributed by atoms with Crippen LogP contribution in [-0.4, -0.2) is 23.0 Å². The van der Waals surface area contributed by atoms with Crippen molar-refractivity contribution in [1.29, 1.82) is 5.26 Å². The molecule has 0 atom stereocenters. The van der Waals surface area contributed by atoms with Gasteiger partial charge in [0.25, 0.3) is 0 Å². The third kappa shape index (κ3) is 2.54. The number of carboxylic acid groups (broad SMARTS) is 1. The van der Waals surface area contributed by atoms with Gasteiger partial charge in [-0.1, -0.05) is 6.20 Å². The van der Waals surface area contributed by atoms with Gasteiger partial charge >= 0.3 is 0 Å². The average molecular weight is 264 g/mol. The summed E-state index contributed by atoms with van der Waals surface area (Å²) in [5.41, 5.74) is 0.664. The first-order valence-corrected chi connectivity index (χ1v) is 3.48. The maximum Gasteiger partial charge on any atom is 0.249 e. The maximum atomic E-state index is 10.6. The fourth-order valence-corrected chi connectivity index (χ4v) is 0.895. The van der Waals surface area contributed by atoms with Crippen LogP contribution in [0.2, 0.25) is 0 Å². The molecule has 5 heteroatoms. The van der Waals surface area contributed by atoms with E-state index in [1.54, 1.807) is 7.05 Å². The number of nitriles is 1. The van der Waals surface area contributed by atoms with Crippen LogP contribution in [0.25, 0.3) is 0 Å². The molecule has 0 saturated heterocycles. The van der Waals surface area contributed by atoms with Crippen LogP contribution in [0.3, 0.4) is 0 Å². The van der Waals surface area contributed by atoms with Crippen LogP contribution in [0.15, 0.2) is 29.5 Å². The van der Waals surface area contributed by atoms with E-state index in [9.17, 15) is 4.79 Å². The standard InChI is InChI=1S/C9H7N2O2.Y/c1-6-7(4-10)3-8(9(12)13)5-11(6)2;/h3H,1H2,2H3,(H,12,13);/q-1;. The molecule has 0 spiro atoms. The molecule has 14 heavy (non-hydrogen) atoms. The Balaban J connectivity index is 0.00000169. The van der Waals surface area contributed by atoms with E-state index in [0.29, 0.717) is 5.70 Å². The number of carboxylic acids is 1. The molecule has 1 heterocycles. The molecule has 1 N–H and O–H groups in total. The SMILES string of the molecule is C=C1C(C#N)=CC(C(=O)O)=[C-]N1C.[Y]. The summed E-state index contributed by atoms with van der Waals surface area (Å²) < 4.78 is 0. The van der Waals surface area contributed by atoms with Crippen molar-refractivity contribution in [3.63, 3.8) is 0 Å². The fourth-order valence-electron chi connectivity index (χ4n) is 0.895. The Morgan fingerprint density at radius 1 is 1.79 bits per heavy atom. The summed E-state index contributed by atoms with van der Waals surface area (Å²) >= 11 is 0. The molecule has 1 rings (SSSR count). The third-order valence-electron chi connectivity index (χ3n) is 1.64. The minimum atomic E-state index is -1.10. The predicted molar refractivity (Wildman–Crippen MR) is 45.0 cm³/mol. The molecule has 0 aromatic rings. The molecule has 4 nitrogen and oxygen atoms in total. The van der Waals surface area contributed by atoms with E-state index in [1.165, 1.54) is 11.0 Å². The summed E-state index contributed by atoms with van der Waals surface area (Å²) in [5.74, 6) is -1.10. The summed E-state index contributed by atoms with van der Waals surface area (Å²) in [7, 11) is 1.59. The molecule has 0 aromatic carbocycles. The molecule has 0 bridgehead atoms. The molecule has 0 aliphatic carbocycles. The zero-order chi connectivity index (χ0) is 10.0. The number of allylic oxidation sites excluding steroid dienone is 1. The van der Waals surface area contributed by atoms with E-state index in [1.807, 2.05) is 6.07 Å². The van der Waals surface area contributed by atoms with Gasteiger partial charge in [-0.25, -0.2) is 0 Å². The van der Waals surface area contributed by atoms with Gasteiger partial charge in [0.05, 0.1) is 6.07 Å². The third-order valence-corrected chi connectivity index (χ3v) is 1.64. The Bertz CT molecular complexity index is 377. The summed E-state index contributed by atoms with van der Waals surface area (Å²) in [6.45, 7) is 3.61. The van der Waals surface area contributed by atoms with Crippen molar-refractivity contribution in [2.45, 2.75) is 0 Å². The zero-order valence-corrected chi connectivity index (χ0v) is 10.4. The van der Waals surface area contributed by atoms with Gasteiger partial charge in [0.15, 0.2) is 0 Å². The van der Waals surface area contributed by atoms with E-state index < -0.39 is 5.97 Å². The second kappa shape index (κ2) is 5.09. The average Bonchev–Trinajstić information content (AvgIpc) is 2.09. The molecule has 0 saturated carbocycles. The molecular formula is C9H7N2O2Y-. The van der Waals surface area contributed by atoms with Crippen molar-refractivity contribution >= 4 is 5.97 Å². The summed E-state index contributed by atoms with van der Waals surface area (Å²) in [6.07, 6.45) is 3.81. The maximum absolute atomic E-state index is 10.6. The molecule has 1 radical (unpaired) electrons. The second-order valence-corrected chi connectivity index (χ2v) is 2.51. The monoisotopic (exact) mass is 264 g/mol. The van der Waals surface area contributed by atoms with Gasteiger partial charge in [0, 0.05) is 32.7 Å². The molecular weight excluding hydrogens is 257 g/mol. The molecule has 0 amide bonds. The summed E-state index contributed by atoms with van der Waals surface area (Å²) in [5, 5.41) is 17.3. The van der Waals surface area contributed by atoms with Crippen LogP contribution in [0, 0.1) is 17.5 Å². The Morgan fingerprint density at radius 3 is 2.79 bits per heavy atom. The van der Waals surface area contributed by atoms with Crippen LogP contribution >= 0.6 is 0 Å². The molecule has 0 unspecified atom stereocenters. The molecule has 0 aromatic heterocycles. The Hall–Kier alpha value is -0.916. The topological polar surface area (TPSA) is 64.3 Å². The van der Waals surface area contributed by atoms with Crippen LogP contribution in [0.4, 0.5) is 0 Å². The van der Waals surface area contributed by atoms with E-state index in [2.05, 4.69) is 12.8 Å². The van der Waals surface area contributed by atoms with Crippen molar-refractivity contribution in [1.82, 2.24) is 4.90 Å². The number of nitrogens with zero attached hydrogens (tertiary/aromatic N) is 2. The van der Waals surface area contributed by atoms with E-state index in [0.717, 1.165) is 0 Å². The van der Waals surface area contributed by atoms with Gasteiger partial charge in [0.1, 0.15) is 0 Å². The number of hydrogen-bond acceptors (Lipinski definition) is 3. The predicted octanol–water partition coefficient (Wildman–Crippen LogP) is 0.665. The second-order valence-electron chi connectivity index (χ2n) is 2.51. The van der Waals surface area contributed by atoms with E-state index in [-0.39, 0.29) is 43.9 Å². The van der Waals surface area contributed by atoms with Gasteiger partial charge in [0.2, 0.25) is 5.97 Å². The number of aliphatic carboxylic acids is 1. The van der Waals surface area contributed by atoms with E-state index in [4.69, 9.17) is 10.4 Å². The van der Waals surface area contributed by atoms with Crippen LogP contribution in [0.5, 0.6) is 0 Å². The van der Waals surface area contributed by atoms with Crippen molar-refractivity contribution in [3.05, 3.63) is 35.7 Å². The zero-order valence-electron chi connectivity index (χ0n) is 7.61. The number of carbonyl (C=O) groups is 1. The molecule has 1 aliphatic rings. The minimum absolute atomic E-state index is 0.